The molecule has 35 heavy (non-hydrogen) atoms. The van der Waals surface area contributed by atoms with Crippen molar-refractivity contribution in [1.29, 1.82) is 5.26 Å². The van der Waals surface area contributed by atoms with E-state index in [2.05, 4.69) is 5.10 Å². The Morgan fingerprint density at radius 2 is 1.66 bits per heavy atom. The van der Waals surface area contributed by atoms with Crippen LogP contribution in [0.1, 0.15) is 23.1 Å². The molecule has 0 fully saturated rings. The number of aryl methyl sites for hydroxylation is 1. The van der Waals surface area contributed by atoms with Gasteiger partial charge in [-0.2, -0.15) is 46.1 Å². The summed E-state index contributed by atoms with van der Waals surface area (Å²) in [5.74, 6) is -14.6. The first kappa shape index (κ1) is 26.0. The summed E-state index contributed by atoms with van der Waals surface area (Å²) in [4.78, 5) is 12.6. The zero-order chi connectivity index (χ0) is 26.2. The van der Waals surface area contributed by atoms with Crippen LogP contribution in [0.25, 0.3) is 0 Å². The molecule has 2 aromatic carbocycles. The first-order valence-corrected chi connectivity index (χ1v) is 9.79. The molecule has 6 nitrogen and oxygen atoms in total. The SMILES string of the molecule is Cc1ccc(C2=NN(C(=O)COc3ccc(C#N)cc3)[C@](O)(C(F)(F)C(F)(F)C(F)(F)F)C2)cc1. The third kappa shape index (κ3) is 4.53. The lowest BCUT2D eigenvalue weighted by molar-refractivity contribution is -0.401. The van der Waals surface area contributed by atoms with E-state index >= 15 is 0 Å². The Hall–Kier alpha value is -3.66. The van der Waals surface area contributed by atoms with E-state index in [0.717, 1.165) is 0 Å². The molecule has 0 aliphatic carbocycles. The lowest BCUT2D eigenvalue weighted by atomic mass is 9.91. The summed E-state index contributed by atoms with van der Waals surface area (Å²) in [7, 11) is 0. The average molecular weight is 503 g/mol. The minimum absolute atomic E-state index is 0.0171. The van der Waals surface area contributed by atoms with Crippen LogP contribution in [0.5, 0.6) is 5.75 Å². The van der Waals surface area contributed by atoms with E-state index in [1.807, 2.05) is 6.07 Å². The molecule has 0 aromatic heterocycles. The molecule has 186 valence electrons. The Morgan fingerprint density at radius 1 is 1.09 bits per heavy atom. The highest BCUT2D eigenvalue weighted by Crippen LogP contribution is 2.54. The number of hydrogen-bond acceptors (Lipinski definition) is 5. The van der Waals surface area contributed by atoms with Gasteiger partial charge in [0.05, 0.1) is 17.3 Å². The number of aliphatic hydroxyl groups is 1. The number of carbonyl (C=O) groups is 1. The van der Waals surface area contributed by atoms with Gasteiger partial charge in [-0.25, -0.2) is 0 Å². The number of rotatable bonds is 6. The van der Waals surface area contributed by atoms with Crippen molar-refractivity contribution in [3.8, 4) is 11.8 Å². The maximum atomic E-state index is 14.7. The number of alkyl halides is 7. The van der Waals surface area contributed by atoms with E-state index in [9.17, 15) is 40.6 Å². The van der Waals surface area contributed by atoms with Crippen molar-refractivity contribution in [1.82, 2.24) is 5.01 Å². The molecule has 1 aliphatic rings. The fourth-order valence-corrected chi connectivity index (χ4v) is 3.22. The van der Waals surface area contributed by atoms with Crippen LogP contribution in [0.4, 0.5) is 30.7 Å². The lowest BCUT2D eigenvalue weighted by Gasteiger charge is -2.41. The van der Waals surface area contributed by atoms with Crippen LogP contribution in [-0.2, 0) is 4.79 Å². The summed E-state index contributed by atoms with van der Waals surface area (Å²) in [6.45, 7) is 0.525. The molecule has 1 N–H and O–H groups in total. The third-order valence-corrected chi connectivity index (χ3v) is 5.21. The van der Waals surface area contributed by atoms with E-state index < -0.39 is 53.4 Å². The molecule has 0 saturated heterocycles. The molecule has 0 bridgehead atoms. The van der Waals surface area contributed by atoms with E-state index in [-0.39, 0.29) is 16.9 Å². The van der Waals surface area contributed by atoms with Gasteiger partial charge >= 0.3 is 18.0 Å². The van der Waals surface area contributed by atoms with Gasteiger partial charge < -0.3 is 9.84 Å². The second-order valence-electron chi connectivity index (χ2n) is 7.68. The molecule has 0 saturated carbocycles. The van der Waals surface area contributed by atoms with Crippen LogP contribution < -0.4 is 4.74 Å². The number of benzene rings is 2. The van der Waals surface area contributed by atoms with Gasteiger partial charge in [-0.05, 0) is 36.8 Å². The van der Waals surface area contributed by atoms with Gasteiger partial charge in [0, 0.05) is 6.42 Å². The van der Waals surface area contributed by atoms with Crippen LogP contribution in [0.2, 0.25) is 0 Å². The van der Waals surface area contributed by atoms with E-state index in [1.165, 1.54) is 48.5 Å². The van der Waals surface area contributed by atoms with Gasteiger partial charge in [-0.1, -0.05) is 29.8 Å². The summed E-state index contributed by atoms with van der Waals surface area (Å²) in [5, 5.41) is 22.3. The molecule has 1 heterocycles. The summed E-state index contributed by atoms with van der Waals surface area (Å²) >= 11 is 0. The zero-order valence-corrected chi connectivity index (χ0v) is 17.8. The highest BCUT2D eigenvalue weighted by molar-refractivity contribution is 6.03. The smallest absolute Gasteiger partial charge is 0.460 e. The highest BCUT2D eigenvalue weighted by Gasteiger charge is 2.82. The summed E-state index contributed by atoms with van der Waals surface area (Å²) in [6, 6.07) is 12.5. The molecular weight excluding hydrogens is 487 g/mol. The van der Waals surface area contributed by atoms with Crippen LogP contribution in [0.3, 0.4) is 0 Å². The molecule has 13 heteroatoms. The zero-order valence-electron chi connectivity index (χ0n) is 17.8. The second kappa shape index (κ2) is 8.84. The van der Waals surface area contributed by atoms with Crippen LogP contribution in [0.15, 0.2) is 53.6 Å². The minimum Gasteiger partial charge on any atom is -0.484 e. The standard InChI is InChI=1S/C22H16F7N3O3/c1-13-2-6-15(7-3-13)17-10-19(34,20(23,24)21(25,26)22(27,28)29)32(31-17)18(33)12-35-16-8-4-14(11-30)5-9-16/h2-9,34H,10,12H2,1H3/t19-/m1/s1. The van der Waals surface area contributed by atoms with Gasteiger partial charge in [0.25, 0.3) is 5.91 Å². The van der Waals surface area contributed by atoms with Crippen molar-refractivity contribution >= 4 is 11.6 Å². The predicted molar refractivity (Wildman–Crippen MR) is 107 cm³/mol. The van der Waals surface area contributed by atoms with Crippen molar-refractivity contribution in [2.75, 3.05) is 6.61 Å². The monoisotopic (exact) mass is 503 g/mol. The second-order valence-corrected chi connectivity index (χ2v) is 7.68. The number of amides is 1. The number of halogens is 7. The molecule has 2 aromatic rings. The summed E-state index contributed by atoms with van der Waals surface area (Å²) in [6.07, 6.45) is -8.26. The van der Waals surface area contributed by atoms with Crippen LogP contribution in [-0.4, -0.2) is 52.1 Å². The molecule has 1 aliphatic heterocycles. The Labute approximate surface area is 193 Å². The van der Waals surface area contributed by atoms with E-state index in [1.54, 1.807) is 6.92 Å². The number of hydrazone groups is 1. The quantitative estimate of drug-likeness (QED) is 0.593. The number of hydrogen-bond donors (Lipinski definition) is 1. The fraction of sp³-hybridized carbons (Fsp3) is 0.318. The van der Waals surface area contributed by atoms with E-state index in [0.29, 0.717) is 5.56 Å². The average Bonchev–Trinajstić information content (AvgIpc) is 3.16. The molecule has 1 amide bonds. The van der Waals surface area contributed by atoms with Gasteiger partial charge in [0.15, 0.2) is 6.61 Å². The number of ether oxygens (including phenoxy) is 1. The third-order valence-electron chi connectivity index (χ3n) is 5.21. The summed E-state index contributed by atoms with van der Waals surface area (Å²) in [5.41, 5.74) is -3.93. The van der Waals surface area contributed by atoms with Gasteiger partial charge in [0.2, 0.25) is 5.72 Å². The molecule has 0 unspecified atom stereocenters. The number of nitriles is 1. The predicted octanol–water partition coefficient (Wildman–Crippen LogP) is 4.40. The number of carbonyl (C=O) groups excluding carboxylic acids is 1. The maximum Gasteiger partial charge on any atom is 0.460 e. The largest absolute Gasteiger partial charge is 0.484 e. The van der Waals surface area contributed by atoms with Crippen molar-refractivity contribution in [2.24, 2.45) is 5.10 Å². The Balaban J connectivity index is 1.98. The molecule has 0 spiro atoms. The van der Waals surface area contributed by atoms with Crippen molar-refractivity contribution in [3.63, 3.8) is 0 Å². The topological polar surface area (TPSA) is 85.9 Å². The van der Waals surface area contributed by atoms with Crippen molar-refractivity contribution in [2.45, 2.75) is 37.1 Å². The molecule has 1 atom stereocenters. The van der Waals surface area contributed by atoms with Crippen LogP contribution >= 0.6 is 0 Å². The fourth-order valence-electron chi connectivity index (χ4n) is 3.22. The first-order chi connectivity index (χ1) is 16.1. The Bertz CT molecular complexity index is 1170. The minimum atomic E-state index is -6.74. The lowest BCUT2D eigenvalue weighted by Crippen LogP contribution is -2.69. The molecule has 0 radical (unpaired) electrons. The maximum absolute atomic E-state index is 14.7. The van der Waals surface area contributed by atoms with Gasteiger partial charge in [-0.15, -0.1) is 0 Å². The Kier molecular flexibility index (Phi) is 6.56. The van der Waals surface area contributed by atoms with Gasteiger partial charge in [-0.3, -0.25) is 4.79 Å². The number of nitrogens with zero attached hydrogens (tertiary/aromatic N) is 3. The van der Waals surface area contributed by atoms with Crippen molar-refractivity contribution < 1.29 is 45.4 Å². The molecular formula is C22H16F7N3O3. The normalized spacial score (nSPS) is 18.7. The van der Waals surface area contributed by atoms with Crippen LogP contribution in [0, 0.1) is 18.3 Å². The van der Waals surface area contributed by atoms with E-state index in [4.69, 9.17) is 10.00 Å². The van der Waals surface area contributed by atoms with Gasteiger partial charge in [0.1, 0.15) is 5.75 Å². The Morgan fingerprint density at radius 3 is 2.17 bits per heavy atom. The summed E-state index contributed by atoms with van der Waals surface area (Å²) < 4.78 is 101. The first-order valence-electron chi connectivity index (χ1n) is 9.79. The highest BCUT2D eigenvalue weighted by atomic mass is 19.4. The molecule has 3 rings (SSSR count). The van der Waals surface area contributed by atoms with Crippen molar-refractivity contribution in [3.05, 3.63) is 65.2 Å².